The molecule has 168 valence electrons. The average molecular weight is 488 g/mol. The van der Waals surface area contributed by atoms with Crippen molar-refractivity contribution in [2.45, 2.75) is 4.90 Å². The molecule has 7 rings (SSSR count). The minimum absolute atomic E-state index is 1.19. The maximum Gasteiger partial charge on any atom is 0.231 e. The van der Waals surface area contributed by atoms with E-state index < -0.39 is 0 Å². The van der Waals surface area contributed by atoms with E-state index in [4.69, 9.17) is 0 Å². The van der Waals surface area contributed by atoms with Gasteiger partial charge in [0.15, 0.2) is 6.20 Å². The van der Waals surface area contributed by atoms with Crippen molar-refractivity contribution in [1.82, 2.24) is 4.57 Å². The topological polar surface area (TPSA) is 8.81 Å². The van der Waals surface area contributed by atoms with E-state index >= 15 is 0 Å². The van der Waals surface area contributed by atoms with Crippen LogP contribution in [-0.4, -0.2) is 10.8 Å². The van der Waals surface area contributed by atoms with Crippen LogP contribution in [0, 0.1) is 0 Å². The van der Waals surface area contributed by atoms with E-state index in [9.17, 15) is 0 Å². The van der Waals surface area contributed by atoms with Crippen LogP contribution in [-0.2, 0) is 7.05 Å². The first-order valence-corrected chi connectivity index (χ1v) is 13.8. The highest BCUT2D eigenvalue weighted by molar-refractivity contribution is 7.99. The molecule has 0 fully saturated rings. The van der Waals surface area contributed by atoms with Crippen LogP contribution in [0.3, 0.4) is 0 Å². The Bertz CT molecular complexity index is 1860. The molecule has 2 nitrogen and oxygen atoms in total. The fourth-order valence-electron chi connectivity index (χ4n) is 5.36. The van der Waals surface area contributed by atoms with Crippen molar-refractivity contribution in [3.63, 3.8) is 0 Å². The molecule has 0 aliphatic rings. The number of aromatic nitrogens is 2. The summed E-state index contributed by atoms with van der Waals surface area (Å²) in [5, 5.41) is 6.46. The number of hydrogen-bond donors (Lipinski definition) is 0. The molecule has 3 aromatic heterocycles. The van der Waals surface area contributed by atoms with E-state index in [0.717, 1.165) is 0 Å². The Kier molecular flexibility index (Phi) is 4.73. The maximum atomic E-state index is 2.39. The van der Waals surface area contributed by atoms with Gasteiger partial charge in [0.05, 0.1) is 16.4 Å². The van der Waals surface area contributed by atoms with Crippen molar-refractivity contribution in [1.29, 1.82) is 0 Å². The molecular formula is C31H23N2S2+. The fourth-order valence-corrected chi connectivity index (χ4v) is 7.68. The predicted molar refractivity (Wildman–Crippen MR) is 152 cm³/mol. The summed E-state index contributed by atoms with van der Waals surface area (Å²) < 4.78 is 6.00. The molecule has 7 aromatic rings. The number of aryl methyl sites for hydroxylation is 1. The molecule has 0 bridgehead atoms. The first-order chi connectivity index (χ1) is 17.2. The molecule has 0 atom stereocenters. The number of thioether (sulfide) groups is 1. The quantitative estimate of drug-likeness (QED) is 0.180. The first-order valence-electron chi connectivity index (χ1n) is 11.7. The number of hydrogen-bond acceptors (Lipinski definition) is 2. The van der Waals surface area contributed by atoms with Crippen LogP contribution < -0.4 is 4.57 Å². The third-order valence-corrected chi connectivity index (χ3v) is 9.07. The standard InChI is InChI=1S/C31H23N2S2/c1-32-18-17-20-19-21(33-26-12-6-3-9-23(26)24-10-4-7-13-27(24)33)15-16-22(20)29(32)31-30(34-2)25-11-5-8-14-28(25)35-31/h3-19H,1-2H3/q+1. The number of para-hydroxylation sites is 2. The molecule has 35 heavy (non-hydrogen) atoms. The van der Waals surface area contributed by atoms with Crippen molar-refractivity contribution >= 4 is 65.8 Å². The Balaban J connectivity index is 1.50. The summed E-state index contributed by atoms with van der Waals surface area (Å²) in [5.74, 6) is 0. The second-order valence-electron chi connectivity index (χ2n) is 8.88. The van der Waals surface area contributed by atoms with Crippen LogP contribution in [0.2, 0.25) is 0 Å². The summed E-state index contributed by atoms with van der Waals surface area (Å²) in [6.45, 7) is 0. The largest absolute Gasteiger partial charge is 0.309 e. The number of thiophene rings is 1. The van der Waals surface area contributed by atoms with Crippen molar-refractivity contribution in [2.24, 2.45) is 7.05 Å². The van der Waals surface area contributed by atoms with Gasteiger partial charge in [-0.3, -0.25) is 0 Å². The van der Waals surface area contributed by atoms with E-state index in [0.29, 0.717) is 0 Å². The van der Waals surface area contributed by atoms with Gasteiger partial charge in [-0.05, 0) is 48.0 Å². The van der Waals surface area contributed by atoms with Crippen LogP contribution in [0.1, 0.15) is 0 Å². The monoisotopic (exact) mass is 487 g/mol. The van der Waals surface area contributed by atoms with Crippen LogP contribution in [0.5, 0.6) is 0 Å². The Morgan fingerprint density at radius 2 is 1.37 bits per heavy atom. The third kappa shape index (κ3) is 3.07. The Morgan fingerprint density at radius 3 is 2.09 bits per heavy atom. The lowest BCUT2D eigenvalue weighted by Crippen LogP contribution is -2.30. The highest BCUT2D eigenvalue weighted by Crippen LogP contribution is 2.44. The molecule has 0 unspecified atom stereocenters. The minimum Gasteiger partial charge on any atom is -0.309 e. The van der Waals surface area contributed by atoms with E-state index in [1.807, 2.05) is 23.1 Å². The molecule has 0 saturated carbocycles. The number of nitrogens with zero attached hydrogens (tertiary/aromatic N) is 2. The number of benzene rings is 4. The van der Waals surface area contributed by atoms with Crippen LogP contribution in [0.25, 0.3) is 58.9 Å². The van der Waals surface area contributed by atoms with E-state index in [1.165, 1.54) is 63.8 Å². The van der Waals surface area contributed by atoms with Crippen LogP contribution in [0.15, 0.2) is 108 Å². The van der Waals surface area contributed by atoms with Gasteiger partial charge < -0.3 is 4.57 Å². The van der Waals surface area contributed by atoms with Gasteiger partial charge >= 0.3 is 0 Å². The molecule has 0 aliphatic carbocycles. The second kappa shape index (κ2) is 7.98. The van der Waals surface area contributed by atoms with Crippen molar-refractivity contribution < 1.29 is 4.57 Å². The normalized spacial score (nSPS) is 11.8. The van der Waals surface area contributed by atoms with Crippen molar-refractivity contribution in [3.05, 3.63) is 103 Å². The maximum absolute atomic E-state index is 2.39. The van der Waals surface area contributed by atoms with E-state index in [-0.39, 0.29) is 0 Å². The van der Waals surface area contributed by atoms with Gasteiger partial charge in [0.1, 0.15) is 11.9 Å². The van der Waals surface area contributed by atoms with Gasteiger partial charge in [0, 0.05) is 37.5 Å². The summed E-state index contributed by atoms with van der Waals surface area (Å²) >= 11 is 3.73. The van der Waals surface area contributed by atoms with E-state index in [2.05, 4.69) is 126 Å². The fraction of sp³-hybridized carbons (Fsp3) is 0.0645. The zero-order valence-electron chi connectivity index (χ0n) is 19.5. The SMILES string of the molecule is CSc1c(-c2c3ccc(-n4c5ccccc5c5ccccc54)cc3cc[n+]2C)sc2ccccc12. The molecular weight excluding hydrogens is 464 g/mol. The van der Waals surface area contributed by atoms with Crippen LogP contribution >= 0.6 is 23.1 Å². The number of pyridine rings is 1. The lowest BCUT2D eigenvalue weighted by molar-refractivity contribution is -0.659. The molecule has 4 heteroatoms. The lowest BCUT2D eigenvalue weighted by atomic mass is 10.1. The summed E-state index contributed by atoms with van der Waals surface area (Å²) in [6, 6.07) is 35.3. The molecule has 0 aliphatic heterocycles. The average Bonchev–Trinajstić information content (AvgIpc) is 3.44. The Labute approximate surface area is 212 Å². The number of fused-ring (bicyclic) bond motifs is 5. The zero-order chi connectivity index (χ0) is 23.5. The van der Waals surface area contributed by atoms with Gasteiger partial charge in [-0.2, -0.15) is 4.57 Å². The molecule has 0 N–H and O–H groups in total. The zero-order valence-corrected chi connectivity index (χ0v) is 21.2. The number of rotatable bonds is 3. The van der Waals surface area contributed by atoms with Gasteiger partial charge in [-0.15, -0.1) is 23.1 Å². The molecule has 0 radical (unpaired) electrons. The summed E-state index contributed by atoms with van der Waals surface area (Å²) in [7, 11) is 2.16. The van der Waals surface area contributed by atoms with Crippen molar-refractivity contribution in [3.8, 4) is 16.3 Å². The molecule has 0 saturated heterocycles. The van der Waals surface area contributed by atoms with Gasteiger partial charge in [0.2, 0.25) is 5.69 Å². The van der Waals surface area contributed by atoms with E-state index in [1.54, 1.807) is 0 Å². The minimum atomic E-state index is 1.19. The lowest BCUT2D eigenvalue weighted by Gasteiger charge is -2.11. The Morgan fingerprint density at radius 1 is 0.714 bits per heavy atom. The van der Waals surface area contributed by atoms with Gasteiger partial charge in [0.25, 0.3) is 0 Å². The summed E-state index contributed by atoms with van der Waals surface area (Å²) in [4.78, 5) is 2.71. The highest BCUT2D eigenvalue weighted by atomic mass is 32.2. The second-order valence-corrected chi connectivity index (χ2v) is 10.7. The van der Waals surface area contributed by atoms with Gasteiger partial charge in [-0.1, -0.05) is 54.6 Å². The third-order valence-electron chi connectivity index (χ3n) is 6.93. The van der Waals surface area contributed by atoms with Crippen molar-refractivity contribution in [2.75, 3.05) is 6.26 Å². The first kappa shape index (κ1) is 20.7. The summed E-state index contributed by atoms with van der Waals surface area (Å²) in [5.41, 5.74) is 4.95. The molecule has 0 amide bonds. The van der Waals surface area contributed by atoms with Crippen LogP contribution in [0.4, 0.5) is 0 Å². The molecule has 4 aromatic carbocycles. The molecule has 3 heterocycles. The Hall–Kier alpha value is -3.60. The smallest absolute Gasteiger partial charge is 0.231 e. The summed E-state index contributed by atoms with van der Waals surface area (Å²) in [6.07, 6.45) is 4.38. The highest BCUT2D eigenvalue weighted by Gasteiger charge is 2.23. The predicted octanol–water partition coefficient (Wildman–Crippen LogP) is 8.37. The van der Waals surface area contributed by atoms with Gasteiger partial charge in [-0.25, -0.2) is 0 Å². The molecule has 0 spiro atoms.